The molecule has 1 saturated heterocycles. The van der Waals surface area contributed by atoms with E-state index >= 15 is 0 Å². The molecule has 0 aromatic carbocycles. The molecule has 8 nitrogen and oxygen atoms in total. The lowest BCUT2D eigenvalue weighted by atomic mass is 9.96. The van der Waals surface area contributed by atoms with Crippen LogP contribution >= 0.6 is 0 Å². The van der Waals surface area contributed by atoms with E-state index in [1.165, 1.54) is 4.68 Å². The van der Waals surface area contributed by atoms with Crippen molar-refractivity contribution in [1.82, 2.24) is 14.7 Å². The van der Waals surface area contributed by atoms with Gasteiger partial charge in [0.2, 0.25) is 17.7 Å². The molecule has 3 amide bonds. The van der Waals surface area contributed by atoms with Crippen molar-refractivity contribution < 1.29 is 14.4 Å². The molecule has 8 heteroatoms. The van der Waals surface area contributed by atoms with Crippen LogP contribution in [0.2, 0.25) is 0 Å². The molecular weight excluding hydrogens is 262 g/mol. The van der Waals surface area contributed by atoms with Crippen molar-refractivity contribution >= 4 is 23.5 Å². The monoisotopic (exact) mass is 279 g/mol. The van der Waals surface area contributed by atoms with Crippen molar-refractivity contribution in [3.05, 3.63) is 12.3 Å². The van der Waals surface area contributed by atoms with Crippen LogP contribution in [0.15, 0.2) is 12.3 Å². The molecule has 20 heavy (non-hydrogen) atoms. The Kier molecular flexibility index (Phi) is 4.02. The standard InChI is InChI=1S/C12H17N5O3/c1-16-4-2-8(6-11(16)19)12(20)14-10-3-5-17(15-10)7-9(13)18/h3,5,8H,2,4,6-7H2,1H3,(H2,13,18)(H,14,15,20)/t8-/m1/s1. The van der Waals surface area contributed by atoms with E-state index in [0.29, 0.717) is 18.8 Å². The maximum absolute atomic E-state index is 12.0. The highest BCUT2D eigenvalue weighted by Crippen LogP contribution is 2.18. The van der Waals surface area contributed by atoms with Gasteiger partial charge < -0.3 is 16.0 Å². The van der Waals surface area contributed by atoms with E-state index in [9.17, 15) is 14.4 Å². The first-order valence-corrected chi connectivity index (χ1v) is 6.32. The fourth-order valence-corrected chi connectivity index (χ4v) is 2.07. The second-order valence-electron chi connectivity index (χ2n) is 4.86. The molecule has 0 aliphatic carbocycles. The second kappa shape index (κ2) is 5.72. The van der Waals surface area contributed by atoms with E-state index in [0.717, 1.165) is 0 Å². The third kappa shape index (κ3) is 3.34. The van der Waals surface area contributed by atoms with Gasteiger partial charge in [-0.1, -0.05) is 0 Å². The molecule has 1 aliphatic heterocycles. The van der Waals surface area contributed by atoms with Crippen LogP contribution in [0.1, 0.15) is 12.8 Å². The maximum atomic E-state index is 12.0. The van der Waals surface area contributed by atoms with Gasteiger partial charge in [0.25, 0.3) is 0 Å². The van der Waals surface area contributed by atoms with Gasteiger partial charge >= 0.3 is 0 Å². The SMILES string of the molecule is CN1CC[C@@H](C(=O)Nc2ccn(CC(N)=O)n2)CC1=O. The van der Waals surface area contributed by atoms with Gasteiger partial charge in [-0.25, -0.2) is 0 Å². The number of nitrogens with two attached hydrogens (primary N) is 1. The molecule has 1 atom stereocenters. The Labute approximate surface area is 115 Å². The van der Waals surface area contributed by atoms with E-state index in [-0.39, 0.29) is 30.7 Å². The summed E-state index contributed by atoms with van der Waals surface area (Å²) in [6.45, 7) is 0.537. The average Bonchev–Trinajstić information content (AvgIpc) is 2.79. The van der Waals surface area contributed by atoms with Gasteiger partial charge in [0.05, 0.1) is 0 Å². The summed E-state index contributed by atoms with van der Waals surface area (Å²) >= 11 is 0. The summed E-state index contributed by atoms with van der Waals surface area (Å²) in [5.74, 6) is -0.749. The van der Waals surface area contributed by atoms with Crippen molar-refractivity contribution in [1.29, 1.82) is 0 Å². The van der Waals surface area contributed by atoms with Crippen LogP contribution < -0.4 is 11.1 Å². The number of hydrogen-bond donors (Lipinski definition) is 2. The zero-order valence-electron chi connectivity index (χ0n) is 11.2. The first-order valence-electron chi connectivity index (χ1n) is 6.32. The highest BCUT2D eigenvalue weighted by molar-refractivity contribution is 5.95. The predicted molar refractivity (Wildman–Crippen MR) is 70.4 cm³/mol. The Bertz CT molecular complexity index is 539. The van der Waals surface area contributed by atoms with Crippen LogP contribution in [0.25, 0.3) is 0 Å². The number of carbonyl (C=O) groups excluding carboxylic acids is 3. The smallest absolute Gasteiger partial charge is 0.239 e. The van der Waals surface area contributed by atoms with Crippen LogP contribution in [0.3, 0.4) is 0 Å². The van der Waals surface area contributed by atoms with Crippen molar-refractivity contribution in [2.75, 3.05) is 18.9 Å². The number of likely N-dealkylation sites (tertiary alicyclic amines) is 1. The fraction of sp³-hybridized carbons (Fsp3) is 0.500. The van der Waals surface area contributed by atoms with E-state index in [4.69, 9.17) is 5.73 Å². The lowest BCUT2D eigenvalue weighted by molar-refractivity contribution is -0.137. The van der Waals surface area contributed by atoms with Crippen molar-refractivity contribution in [2.45, 2.75) is 19.4 Å². The molecule has 1 aromatic rings. The Morgan fingerprint density at radius 2 is 2.30 bits per heavy atom. The molecule has 0 bridgehead atoms. The van der Waals surface area contributed by atoms with Gasteiger partial charge in [0.1, 0.15) is 6.54 Å². The molecule has 1 aromatic heterocycles. The van der Waals surface area contributed by atoms with Gasteiger partial charge in [-0.15, -0.1) is 0 Å². The summed E-state index contributed by atoms with van der Waals surface area (Å²) in [4.78, 5) is 36.0. The van der Waals surface area contributed by atoms with Crippen molar-refractivity contribution in [2.24, 2.45) is 11.7 Å². The number of rotatable bonds is 4. The topological polar surface area (TPSA) is 110 Å². The third-order valence-corrected chi connectivity index (χ3v) is 3.24. The van der Waals surface area contributed by atoms with E-state index in [1.807, 2.05) is 0 Å². The third-order valence-electron chi connectivity index (χ3n) is 3.24. The van der Waals surface area contributed by atoms with Crippen molar-refractivity contribution in [3.63, 3.8) is 0 Å². The van der Waals surface area contributed by atoms with E-state index in [1.54, 1.807) is 24.2 Å². The molecule has 2 heterocycles. The molecule has 2 rings (SSSR count). The molecular formula is C12H17N5O3. The fourth-order valence-electron chi connectivity index (χ4n) is 2.07. The molecule has 1 aliphatic rings. The second-order valence-corrected chi connectivity index (χ2v) is 4.86. The number of primary amides is 1. The summed E-state index contributed by atoms with van der Waals surface area (Å²) < 4.78 is 1.34. The van der Waals surface area contributed by atoms with Gasteiger partial charge in [-0.05, 0) is 6.42 Å². The lowest BCUT2D eigenvalue weighted by Gasteiger charge is -2.27. The summed E-state index contributed by atoms with van der Waals surface area (Å²) in [5.41, 5.74) is 5.05. The van der Waals surface area contributed by atoms with Gasteiger partial charge in [-0.3, -0.25) is 19.1 Å². The van der Waals surface area contributed by atoms with Crippen LogP contribution in [-0.2, 0) is 20.9 Å². The Morgan fingerprint density at radius 3 is 2.95 bits per heavy atom. The number of nitrogens with zero attached hydrogens (tertiary/aromatic N) is 3. The molecule has 1 fully saturated rings. The quantitative estimate of drug-likeness (QED) is 0.749. The minimum atomic E-state index is -0.508. The van der Waals surface area contributed by atoms with E-state index in [2.05, 4.69) is 10.4 Å². The first kappa shape index (κ1) is 14.0. The van der Waals surface area contributed by atoms with Gasteiger partial charge in [0, 0.05) is 38.2 Å². The predicted octanol–water partition coefficient (Wildman–Crippen LogP) is -0.825. The normalized spacial score (nSPS) is 18.9. The maximum Gasteiger partial charge on any atom is 0.239 e. The number of amides is 3. The molecule has 0 unspecified atom stereocenters. The van der Waals surface area contributed by atoms with Crippen LogP contribution in [0.5, 0.6) is 0 Å². The highest BCUT2D eigenvalue weighted by atomic mass is 16.2. The van der Waals surface area contributed by atoms with Crippen LogP contribution in [0.4, 0.5) is 5.82 Å². The molecule has 3 N–H and O–H groups in total. The summed E-state index contributed by atoms with van der Waals surface area (Å²) in [6.07, 6.45) is 2.40. The largest absolute Gasteiger partial charge is 0.368 e. The number of piperidine rings is 1. The molecule has 108 valence electrons. The zero-order chi connectivity index (χ0) is 14.7. The summed E-state index contributed by atoms with van der Waals surface area (Å²) in [5, 5.41) is 6.65. The Morgan fingerprint density at radius 1 is 1.55 bits per heavy atom. The highest BCUT2D eigenvalue weighted by Gasteiger charge is 2.28. The minimum absolute atomic E-state index is 0.0318. The lowest BCUT2D eigenvalue weighted by Crippen LogP contribution is -2.39. The zero-order valence-corrected chi connectivity index (χ0v) is 11.2. The number of carbonyl (C=O) groups is 3. The molecule has 0 spiro atoms. The molecule has 0 radical (unpaired) electrons. The van der Waals surface area contributed by atoms with Crippen LogP contribution in [0, 0.1) is 5.92 Å². The minimum Gasteiger partial charge on any atom is -0.368 e. The Hall–Kier alpha value is -2.38. The van der Waals surface area contributed by atoms with E-state index < -0.39 is 5.91 Å². The van der Waals surface area contributed by atoms with Gasteiger partial charge in [0.15, 0.2) is 5.82 Å². The first-order chi connectivity index (χ1) is 9.45. The number of aromatic nitrogens is 2. The molecule has 0 saturated carbocycles. The average molecular weight is 279 g/mol. The van der Waals surface area contributed by atoms with Gasteiger partial charge in [-0.2, -0.15) is 5.10 Å². The summed E-state index contributed by atoms with van der Waals surface area (Å²) in [7, 11) is 1.72. The number of hydrogen-bond acceptors (Lipinski definition) is 4. The summed E-state index contributed by atoms with van der Waals surface area (Å²) in [6, 6.07) is 1.58. The van der Waals surface area contributed by atoms with Crippen molar-refractivity contribution in [3.8, 4) is 0 Å². The number of anilines is 1. The Balaban J connectivity index is 1.92. The number of nitrogens with one attached hydrogen (secondary N) is 1. The van der Waals surface area contributed by atoms with Crippen LogP contribution in [-0.4, -0.2) is 46.0 Å².